The maximum atomic E-state index is 12.5. The van der Waals surface area contributed by atoms with E-state index in [1.165, 1.54) is 0 Å². The van der Waals surface area contributed by atoms with E-state index in [0.29, 0.717) is 30.9 Å². The molecule has 1 saturated heterocycles. The van der Waals surface area contributed by atoms with Gasteiger partial charge in [-0.05, 0) is 49.6 Å². The van der Waals surface area contributed by atoms with E-state index in [1.54, 1.807) is 24.3 Å². The summed E-state index contributed by atoms with van der Waals surface area (Å²) in [5.41, 5.74) is 1.66. The van der Waals surface area contributed by atoms with Crippen LogP contribution in [0.15, 0.2) is 54.6 Å². The van der Waals surface area contributed by atoms with Gasteiger partial charge in [-0.3, -0.25) is 14.5 Å². The summed E-state index contributed by atoms with van der Waals surface area (Å²) in [6.07, 6.45) is 1.16. The van der Waals surface area contributed by atoms with E-state index < -0.39 is 18.0 Å². The summed E-state index contributed by atoms with van der Waals surface area (Å²) >= 11 is 0. The average molecular weight is 381 g/mol. The second-order valence-corrected chi connectivity index (χ2v) is 6.46. The van der Waals surface area contributed by atoms with Crippen molar-refractivity contribution in [3.63, 3.8) is 0 Å². The van der Waals surface area contributed by atoms with E-state index in [-0.39, 0.29) is 12.5 Å². The molecule has 146 valence electrons. The van der Waals surface area contributed by atoms with Crippen LogP contribution >= 0.6 is 0 Å². The molecule has 1 aliphatic heterocycles. The van der Waals surface area contributed by atoms with Crippen molar-refractivity contribution in [2.45, 2.75) is 25.8 Å². The van der Waals surface area contributed by atoms with Crippen molar-refractivity contribution < 1.29 is 19.1 Å². The molecule has 0 spiro atoms. The molecule has 0 radical (unpaired) electrons. The molecule has 4 amide bonds. The SMILES string of the molecule is CCOc1ccc(NC(=O)CN2C(=O)N[C@@H](CCc3ccccc3)C2=O)cc1. The number of carbonyl (C=O) groups is 3. The monoisotopic (exact) mass is 381 g/mol. The number of ether oxygens (including phenoxy) is 1. The minimum Gasteiger partial charge on any atom is -0.494 e. The predicted octanol–water partition coefficient (Wildman–Crippen LogP) is 2.58. The molecule has 0 saturated carbocycles. The van der Waals surface area contributed by atoms with Crippen molar-refractivity contribution in [3.05, 3.63) is 60.2 Å². The Bertz CT molecular complexity index is 836. The van der Waals surface area contributed by atoms with Gasteiger partial charge in [0.05, 0.1) is 6.61 Å². The van der Waals surface area contributed by atoms with Crippen LogP contribution in [0.4, 0.5) is 10.5 Å². The molecule has 3 rings (SSSR count). The van der Waals surface area contributed by atoms with Gasteiger partial charge in [0.2, 0.25) is 5.91 Å². The van der Waals surface area contributed by atoms with Crippen molar-refractivity contribution in [2.24, 2.45) is 0 Å². The normalized spacial score (nSPS) is 16.0. The molecular formula is C21H23N3O4. The first-order valence-electron chi connectivity index (χ1n) is 9.25. The molecule has 1 aliphatic rings. The maximum absolute atomic E-state index is 12.5. The van der Waals surface area contributed by atoms with Crippen LogP contribution in [0.5, 0.6) is 5.75 Å². The van der Waals surface area contributed by atoms with Crippen LogP contribution in [0, 0.1) is 0 Å². The van der Waals surface area contributed by atoms with E-state index >= 15 is 0 Å². The van der Waals surface area contributed by atoms with Gasteiger partial charge in [-0.25, -0.2) is 4.79 Å². The van der Waals surface area contributed by atoms with E-state index in [2.05, 4.69) is 10.6 Å². The van der Waals surface area contributed by atoms with Crippen LogP contribution in [-0.4, -0.2) is 41.9 Å². The highest BCUT2D eigenvalue weighted by atomic mass is 16.5. The smallest absolute Gasteiger partial charge is 0.325 e. The Hall–Kier alpha value is -3.35. The second kappa shape index (κ2) is 9.03. The lowest BCUT2D eigenvalue weighted by Crippen LogP contribution is -2.38. The number of nitrogens with one attached hydrogen (secondary N) is 2. The summed E-state index contributed by atoms with van der Waals surface area (Å²) in [6, 6.07) is 15.5. The molecular weight excluding hydrogens is 358 g/mol. The summed E-state index contributed by atoms with van der Waals surface area (Å²) in [6.45, 7) is 2.13. The molecule has 1 fully saturated rings. The van der Waals surface area contributed by atoms with Crippen LogP contribution in [0.1, 0.15) is 18.9 Å². The molecule has 7 heteroatoms. The maximum Gasteiger partial charge on any atom is 0.325 e. The van der Waals surface area contributed by atoms with Crippen LogP contribution in [-0.2, 0) is 16.0 Å². The molecule has 2 aromatic rings. The number of amides is 4. The molecule has 1 heterocycles. The van der Waals surface area contributed by atoms with Crippen molar-refractivity contribution in [2.75, 3.05) is 18.5 Å². The summed E-state index contributed by atoms with van der Waals surface area (Å²) in [5, 5.41) is 5.34. The van der Waals surface area contributed by atoms with Crippen molar-refractivity contribution in [1.82, 2.24) is 10.2 Å². The van der Waals surface area contributed by atoms with E-state index in [0.717, 1.165) is 10.5 Å². The number of rotatable bonds is 8. The van der Waals surface area contributed by atoms with E-state index in [4.69, 9.17) is 4.74 Å². The van der Waals surface area contributed by atoms with Crippen molar-refractivity contribution >= 4 is 23.5 Å². The number of aryl methyl sites for hydroxylation is 1. The fraction of sp³-hybridized carbons (Fsp3) is 0.286. The summed E-state index contributed by atoms with van der Waals surface area (Å²) in [4.78, 5) is 37.8. The number of nitrogens with zero attached hydrogens (tertiary/aromatic N) is 1. The van der Waals surface area contributed by atoms with Crippen LogP contribution in [0.25, 0.3) is 0 Å². The minimum absolute atomic E-state index is 0.320. The lowest BCUT2D eigenvalue weighted by Gasteiger charge is -2.13. The van der Waals surface area contributed by atoms with Gasteiger partial charge >= 0.3 is 6.03 Å². The Morgan fingerprint density at radius 2 is 1.82 bits per heavy atom. The molecule has 28 heavy (non-hydrogen) atoms. The first kappa shape index (κ1) is 19.4. The van der Waals surface area contributed by atoms with Gasteiger partial charge in [-0.1, -0.05) is 30.3 Å². The standard InChI is InChI=1S/C21H23N3O4/c1-2-28-17-11-9-16(10-12-17)22-19(25)14-24-20(26)18(23-21(24)27)13-8-15-6-4-3-5-7-15/h3-7,9-12,18H,2,8,13-14H2,1H3,(H,22,25)(H,23,27)/t18-/m0/s1. The molecule has 2 N–H and O–H groups in total. The Morgan fingerprint density at radius 1 is 1.11 bits per heavy atom. The second-order valence-electron chi connectivity index (χ2n) is 6.46. The number of imide groups is 1. The quantitative estimate of drug-likeness (QED) is 0.688. The number of hydrogen-bond acceptors (Lipinski definition) is 4. The topological polar surface area (TPSA) is 87.7 Å². The molecule has 0 aromatic heterocycles. The highest BCUT2D eigenvalue weighted by Gasteiger charge is 2.38. The number of hydrogen-bond donors (Lipinski definition) is 2. The number of urea groups is 1. The van der Waals surface area contributed by atoms with Gasteiger partial charge in [0, 0.05) is 5.69 Å². The van der Waals surface area contributed by atoms with E-state index in [1.807, 2.05) is 37.3 Å². The minimum atomic E-state index is -0.606. The summed E-state index contributed by atoms with van der Waals surface area (Å²) < 4.78 is 5.35. The molecule has 7 nitrogen and oxygen atoms in total. The Kier molecular flexibility index (Phi) is 6.26. The van der Waals surface area contributed by atoms with Gasteiger partial charge in [0.1, 0.15) is 18.3 Å². The number of benzene rings is 2. The van der Waals surface area contributed by atoms with Crippen LogP contribution in [0.2, 0.25) is 0 Å². The van der Waals surface area contributed by atoms with Crippen LogP contribution in [0.3, 0.4) is 0 Å². The van der Waals surface area contributed by atoms with Gasteiger partial charge in [0.15, 0.2) is 0 Å². The van der Waals surface area contributed by atoms with Gasteiger partial charge in [-0.2, -0.15) is 0 Å². The zero-order valence-corrected chi connectivity index (χ0v) is 15.7. The highest BCUT2D eigenvalue weighted by Crippen LogP contribution is 2.16. The third-order valence-corrected chi connectivity index (χ3v) is 4.42. The van der Waals surface area contributed by atoms with E-state index in [9.17, 15) is 14.4 Å². The van der Waals surface area contributed by atoms with Crippen molar-refractivity contribution in [1.29, 1.82) is 0 Å². The van der Waals surface area contributed by atoms with Gasteiger partial charge < -0.3 is 15.4 Å². The third kappa shape index (κ3) is 4.88. The Labute approximate surface area is 163 Å². The molecule has 1 atom stereocenters. The molecule has 0 aliphatic carbocycles. The lowest BCUT2D eigenvalue weighted by molar-refractivity contribution is -0.130. The first-order chi connectivity index (χ1) is 13.6. The Morgan fingerprint density at radius 3 is 2.50 bits per heavy atom. The summed E-state index contributed by atoms with van der Waals surface area (Å²) in [5.74, 6) is -0.102. The zero-order valence-electron chi connectivity index (χ0n) is 15.7. The third-order valence-electron chi connectivity index (χ3n) is 4.42. The zero-order chi connectivity index (χ0) is 19.9. The molecule has 0 unspecified atom stereocenters. The fourth-order valence-electron chi connectivity index (χ4n) is 3.02. The van der Waals surface area contributed by atoms with Crippen molar-refractivity contribution in [3.8, 4) is 5.75 Å². The largest absolute Gasteiger partial charge is 0.494 e. The predicted molar refractivity (Wildman–Crippen MR) is 105 cm³/mol. The van der Waals surface area contributed by atoms with Crippen LogP contribution < -0.4 is 15.4 Å². The number of carbonyl (C=O) groups excluding carboxylic acids is 3. The fourth-order valence-corrected chi connectivity index (χ4v) is 3.02. The highest BCUT2D eigenvalue weighted by molar-refractivity contribution is 6.07. The van der Waals surface area contributed by atoms with Gasteiger partial charge in [-0.15, -0.1) is 0 Å². The van der Waals surface area contributed by atoms with Gasteiger partial charge in [0.25, 0.3) is 5.91 Å². The molecule has 0 bridgehead atoms. The number of anilines is 1. The first-order valence-corrected chi connectivity index (χ1v) is 9.25. The lowest BCUT2D eigenvalue weighted by atomic mass is 10.1. The molecule has 2 aromatic carbocycles. The Balaban J connectivity index is 1.52. The average Bonchev–Trinajstić information content (AvgIpc) is 2.96. The summed E-state index contributed by atoms with van der Waals surface area (Å²) in [7, 11) is 0.